The first kappa shape index (κ1) is 21.2. The number of aryl methyl sites for hydroxylation is 1. The molecule has 6 nitrogen and oxygen atoms in total. The van der Waals surface area contributed by atoms with E-state index in [9.17, 15) is 17.6 Å². The van der Waals surface area contributed by atoms with Crippen LogP contribution in [0.15, 0.2) is 53.0 Å². The quantitative estimate of drug-likeness (QED) is 0.460. The molecule has 1 aromatic heterocycles. The lowest BCUT2D eigenvalue weighted by Crippen LogP contribution is -2.21. The van der Waals surface area contributed by atoms with Crippen LogP contribution in [0.5, 0.6) is 0 Å². The number of benzene rings is 2. The van der Waals surface area contributed by atoms with E-state index in [0.717, 1.165) is 16.1 Å². The molecular weight excluding hydrogens is 461 g/mol. The van der Waals surface area contributed by atoms with Crippen LogP contribution in [0.2, 0.25) is 0 Å². The maximum Gasteiger partial charge on any atom is 0.296 e. The third-order valence-electron chi connectivity index (χ3n) is 4.58. The van der Waals surface area contributed by atoms with E-state index in [1.54, 1.807) is 31.2 Å². The molecule has 0 aliphatic heterocycles. The van der Waals surface area contributed by atoms with Crippen molar-refractivity contribution >= 4 is 37.6 Å². The van der Waals surface area contributed by atoms with E-state index in [1.165, 1.54) is 12.1 Å². The van der Waals surface area contributed by atoms with Gasteiger partial charge in [-0.3, -0.25) is 9.52 Å². The molecule has 1 heterocycles. The molecule has 0 amide bonds. The van der Waals surface area contributed by atoms with Crippen molar-refractivity contribution in [3.05, 3.63) is 86.9 Å². The van der Waals surface area contributed by atoms with E-state index in [2.05, 4.69) is 20.9 Å². The molecule has 0 radical (unpaired) electrons. The molecule has 0 saturated carbocycles. The van der Waals surface area contributed by atoms with Crippen LogP contribution in [0.3, 0.4) is 0 Å². The summed E-state index contributed by atoms with van der Waals surface area (Å²) in [4.78, 5) is 15.9. The third kappa shape index (κ3) is 4.92. The summed E-state index contributed by atoms with van der Waals surface area (Å²) in [5, 5.41) is 4.90. The average Bonchev–Trinajstić information content (AvgIpc) is 3.09. The highest BCUT2D eigenvalue weighted by molar-refractivity contribution is 9.10. The molecule has 1 unspecified atom stereocenters. The Morgan fingerprint density at radius 1 is 1.17 bits per heavy atom. The van der Waals surface area contributed by atoms with E-state index in [-0.39, 0.29) is 17.4 Å². The van der Waals surface area contributed by atoms with Crippen LogP contribution in [0.1, 0.15) is 45.7 Å². The number of halogens is 2. The van der Waals surface area contributed by atoms with E-state index in [0.29, 0.717) is 22.5 Å². The number of hydrogen-bond donors (Lipinski definition) is 3. The van der Waals surface area contributed by atoms with Gasteiger partial charge in [0.25, 0.3) is 10.2 Å². The number of nitrogens with one attached hydrogen (secondary N) is 2. The zero-order chi connectivity index (χ0) is 21.3. The minimum atomic E-state index is -3.98. The summed E-state index contributed by atoms with van der Waals surface area (Å²) < 4.78 is 39.6. The second-order valence-electron chi connectivity index (χ2n) is 6.72. The summed E-state index contributed by atoms with van der Waals surface area (Å²) in [5.41, 5.74) is 2.88. The minimum absolute atomic E-state index is 0.0361. The zero-order valence-electron chi connectivity index (χ0n) is 15.7. The van der Waals surface area contributed by atoms with Crippen LogP contribution in [0.25, 0.3) is 0 Å². The molecule has 2 aromatic carbocycles. The summed E-state index contributed by atoms with van der Waals surface area (Å²) in [7, 11) is -3.98. The SMILES string of the molecule is Cc1cc(Br)ccc1C(=O)c1ccc(C(C)c2ccc(NS(N)(=O)=O)cc2F)[nH]1. The normalized spacial score (nSPS) is 12.6. The number of H-pyrrole nitrogens is 1. The lowest BCUT2D eigenvalue weighted by Gasteiger charge is -2.13. The Morgan fingerprint density at radius 3 is 2.52 bits per heavy atom. The lowest BCUT2D eigenvalue weighted by atomic mass is 9.97. The number of hydrogen-bond acceptors (Lipinski definition) is 3. The van der Waals surface area contributed by atoms with E-state index in [1.807, 2.05) is 17.7 Å². The standard InChI is InChI=1S/C20H19BrFN3O3S/c1-11-9-13(21)3-5-15(11)20(26)19-8-7-18(24-19)12(2)16-6-4-14(10-17(16)22)25-29(23,27)28/h3-10,12,24-25H,1-2H3,(H2,23,27,28). The van der Waals surface area contributed by atoms with Crippen LogP contribution >= 0.6 is 15.9 Å². The number of rotatable bonds is 6. The Balaban J connectivity index is 1.85. The maximum atomic E-state index is 14.5. The summed E-state index contributed by atoms with van der Waals surface area (Å²) in [6.45, 7) is 3.65. The molecule has 1 atom stereocenters. The number of carbonyl (C=O) groups is 1. The van der Waals surface area contributed by atoms with Gasteiger partial charge in [-0.2, -0.15) is 8.42 Å². The van der Waals surface area contributed by atoms with Crippen LogP contribution in [0.4, 0.5) is 10.1 Å². The van der Waals surface area contributed by atoms with Crippen molar-refractivity contribution in [2.75, 3.05) is 4.72 Å². The summed E-state index contributed by atoms with van der Waals surface area (Å²) in [6, 6.07) is 12.8. The monoisotopic (exact) mass is 479 g/mol. The molecule has 0 fully saturated rings. The predicted octanol–water partition coefficient (Wildman–Crippen LogP) is 4.22. The van der Waals surface area contributed by atoms with Gasteiger partial charge in [-0.25, -0.2) is 9.53 Å². The van der Waals surface area contributed by atoms with E-state index in [4.69, 9.17) is 5.14 Å². The summed E-state index contributed by atoms with van der Waals surface area (Å²) in [6.07, 6.45) is 0. The number of anilines is 1. The van der Waals surface area contributed by atoms with Gasteiger partial charge in [0.15, 0.2) is 0 Å². The number of nitrogens with two attached hydrogens (primary N) is 1. The predicted molar refractivity (Wildman–Crippen MR) is 114 cm³/mol. The lowest BCUT2D eigenvalue weighted by molar-refractivity contribution is 0.103. The Bertz CT molecular complexity index is 1190. The van der Waals surface area contributed by atoms with Crippen molar-refractivity contribution in [3.63, 3.8) is 0 Å². The number of carbonyl (C=O) groups excluding carboxylic acids is 1. The first-order valence-electron chi connectivity index (χ1n) is 8.65. The second-order valence-corrected chi connectivity index (χ2v) is 8.93. The minimum Gasteiger partial charge on any atom is -0.355 e. The highest BCUT2D eigenvalue weighted by atomic mass is 79.9. The molecule has 152 valence electrons. The van der Waals surface area contributed by atoms with Crippen LogP contribution < -0.4 is 9.86 Å². The second kappa shape index (κ2) is 8.10. The number of aromatic nitrogens is 1. The molecule has 4 N–H and O–H groups in total. The van der Waals surface area contributed by atoms with Crippen LogP contribution in [-0.2, 0) is 10.2 Å². The van der Waals surface area contributed by atoms with Gasteiger partial charge in [-0.05, 0) is 60.5 Å². The molecule has 0 bridgehead atoms. The first-order valence-corrected chi connectivity index (χ1v) is 11.0. The summed E-state index contributed by atoms with van der Waals surface area (Å²) >= 11 is 3.38. The van der Waals surface area contributed by atoms with Crippen molar-refractivity contribution in [2.24, 2.45) is 5.14 Å². The molecular formula is C20H19BrFN3O3S. The fourth-order valence-corrected chi connectivity index (χ4v) is 4.03. The molecule has 0 spiro atoms. The van der Waals surface area contributed by atoms with Crippen molar-refractivity contribution in [1.29, 1.82) is 0 Å². The number of aromatic amines is 1. The van der Waals surface area contributed by atoms with E-state index >= 15 is 0 Å². The summed E-state index contributed by atoms with van der Waals surface area (Å²) in [5.74, 6) is -1.12. The molecule has 29 heavy (non-hydrogen) atoms. The van der Waals surface area contributed by atoms with Gasteiger partial charge in [0, 0.05) is 21.6 Å². The van der Waals surface area contributed by atoms with Gasteiger partial charge < -0.3 is 4.98 Å². The first-order chi connectivity index (χ1) is 13.5. The maximum absolute atomic E-state index is 14.5. The fourth-order valence-electron chi connectivity index (χ4n) is 3.10. The zero-order valence-corrected chi connectivity index (χ0v) is 18.1. The van der Waals surface area contributed by atoms with Gasteiger partial charge in [-0.1, -0.05) is 28.9 Å². The van der Waals surface area contributed by atoms with Gasteiger partial charge >= 0.3 is 0 Å². The van der Waals surface area contributed by atoms with Crippen LogP contribution in [-0.4, -0.2) is 19.2 Å². The number of ketones is 1. The van der Waals surface area contributed by atoms with Gasteiger partial charge in [0.1, 0.15) is 5.82 Å². The van der Waals surface area contributed by atoms with Crippen molar-refractivity contribution in [2.45, 2.75) is 19.8 Å². The molecule has 9 heteroatoms. The molecule has 0 aliphatic rings. The third-order valence-corrected chi connectivity index (χ3v) is 5.59. The molecule has 3 rings (SSSR count). The Labute approximate surface area is 176 Å². The van der Waals surface area contributed by atoms with Gasteiger partial charge in [0.2, 0.25) is 5.78 Å². The smallest absolute Gasteiger partial charge is 0.296 e. The molecule has 3 aromatic rings. The van der Waals surface area contributed by atoms with Crippen LogP contribution in [0, 0.1) is 12.7 Å². The topological polar surface area (TPSA) is 105 Å². The molecule has 0 saturated heterocycles. The Hall–Kier alpha value is -2.49. The van der Waals surface area contributed by atoms with Gasteiger partial charge in [-0.15, -0.1) is 0 Å². The van der Waals surface area contributed by atoms with E-state index < -0.39 is 16.0 Å². The van der Waals surface area contributed by atoms with Crippen molar-refractivity contribution in [1.82, 2.24) is 4.98 Å². The Kier molecular flexibility index (Phi) is 5.92. The molecule has 0 aliphatic carbocycles. The average molecular weight is 480 g/mol. The van der Waals surface area contributed by atoms with Crippen molar-refractivity contribution in [3.8, 4) is 0 Å². The highest BCUT2D eigenvalue weighted by Gasteiger charge is 2.19. The van der Waals surface area contributed by atoms with Gasteiger partial charge in [0.05, 0.1) is 11.4 Å². The Morgan fingerprint density at radius 2 is 1.90 bits per heavy atom. The fraction of sp³-hybridized carbons (Fsp3) is 0.150. The largest absolute Gasteiger partial charge is 0.355 e. The van der Waals surface area contributed by atoms with Crippen molar-refractivity contribution < 1.29 is 17.6 Å². The highest BCUT2D eigenvalue weighted by Crippen LogP contribution is 2.28.